The molecule has 9 atom stereocenters. The van der Waals surface area contributed by atoms with Gasteiger partial charge >= 0.3 is 12.1 Å². The molecule has 206 valence electrons. The largest absolute Gasteiger partial charge is 0.509 e. The first-order valence-corrected chi connectivity index (χ1v) is 13.0. The Labute approximate surface area is 216 Å². The number of hydrogen-bond acceptors (Lipinski definition) is 6. The van der Waals surface area contributed by atoms with Gasteiger partial charge in [-0.1, -0.05) is 40.7 Å². The van der Waals surface area contributed by atoms with Gasteiger partial charge in [0.05, 0.1) is 6.10 Å². The molecule has 2 N–H and O–H groups in total. The van der Waals surface area contributed by atoms with Gasteiger partial charge in [0.2, 0.25) is 5.60 Å². The van der Waals surface area contributed by atoms with Crippen LogP contribution < -0.4 is 0 Å². The van der Waals surface area contributed by atoms with Crippen LogP contribution in [0.25, 0.3) is 0 Å². The first-order chi connectivity index (χ1) is 16.9. The quantitative estimate of drug-likeness (QED) is 0.481. The van der Waals surface area contributed by atoms with Gasteiger partial charge in [0.25, 0.3) is 0 Å². The zero-order chi connectivity index (χ0) is 27.9. The SMILES string of the molecule is CC(OC(=O)O[C@]1(C(=O)O)[C@H](C)C[C@H]2[C@@H]3CC(F)=C4CC(=O)C=C[C@]4(C)[C@@]3(F)[C@@H](O)C[C@@]21C)C(C)(C)C. The summed E-state index contributed by atoms with van der Waals surface area (Å²) in [4.78, 5) is 37.9. The number of allylic oxidation sites excluding steroid dienone is 4. The molecule has 1 unspecified atom stereocenters. The Kier molecular flexibility index (Phi) is 6.26. The number of carbonyl (C=O) groups excluding carboxylic acids is 2. The number of aliphatic hydroxyl groups is 1. The highest BCUT2D eigenvalue weighted by Crippen LogP contribution is 2.71. The van der Waals surface area contributed by atoms with E-state index in [0.29, 0.717) is 0 Å². The van der Waals surface area contributed by atoms with Gasteiger partial charge in [-0.25, -0.2) is 18.4 Å². The van der Waals surface area contributed by atoms with E-state index < -0.39 is 75.4 Å². The van der Waals surface area contributed by atoms with Crippen LogP contribution in [0.4, 0.5) is 13.6 Å². The highest BCUT2D eigenvalue weighted by molar-refractivity contribution is 5.93. The molecule has 0 amide bonds. The lowest BCUT2D eigenvalue weighted by atomic mass is 9.45. The molecule has 37 heavy (non-hydrogen) atoms. The third kappa shape index (κ3) is 3.55. The number of ether oxygens (including phenoxy) is 2. The average Bonchev–Trinajstić information content (AvgIpc) is 2.98. The molecule has 0 aromatic rings. The molecule has 0 aromatic heterocycles. The van der Waals surface area contributed by atoms with E-state index in [2.05, 4.69) is 0 Å². The second-order valence-corrected chi connectivity index (χ2v) is 13.0. The molecule has 0 spiro atoms. The summed E-state index contributed by atoms with van der Waals surface area (Å²) in [6.45, 7) is 11.9. The molecule has 0 aliphatic heterocycles. The van der Waals surface area contributed by atoms with E-state index >= 15 is 8.78 Å². The minimum atomic E-state index is -2.34. The average molecular weight is 525 g/mol. The summed E-state index contributed by atoms with van der Waals surface area (Å²) in [5.74, 6) is -4.94. The van der Waals surface area contributed by atoms with Gasteiger partial charge in [-0.2, -0.15) is 0 Å². The summed E-state index contributed by atoms with van der Waals surface area (Å²) in [5.41, 5.74) is -7.82. The Bertz CT molecular complexity index is 1090. The number of aliphatic carboxylic acids is 1. The Morgan fingerprint density at radius 2 is 1.84 bits per heavy atom. The Hall–Kier alpha value is -2.29. The van der Waals surface area contributed by atoms with Crippen LogP contribution in [0.2, 0.25) is 0 Å². The topological polar surface area (TPSA) is 110 Å². The molecule has 0 saturated heterocycles. The summed E-state index contributed by atoms with van der Waals surface area (Å²) in [6, 6.07) is 0. The van der Waals surface area contributed by atoms with E-state index in [1.54, 1.807) is 20.8 Å². The third-order valence-electron chi connectivity index (χ3n) is 10.3. The van der Waals surface area contributed by atoms with Crippen molar-refractivity contribution in [3.05, 3.63) is 23.6 Å². The number of carbonyl (C=O) groups is 3. The van der Waals surface area contributed by atoms with Crippen LogP contribution in [-0.2, 0) is 19.1 Å². The standard InChI is InChI=1S/C28H38F2O7/c1-14-10-17-18-12-20(29)19-11-16(31)8-9-25(19,6)27(18,30)21(32)13-26(17,7)28(14,22(33)34)37-23(35)36-15(2)24(3,4)5/h8-9,14-15,17-18,21,32H,10-13H2,1-7H3,(H,33,34)/t14-,15?,17+,18+,21+,25+,26+,27+,28+/m1/s1. The Balaban J connectivity index is 1.79. The van der Waals surface area contributed by atoms with Gasteiger partial charge in [-0.05, 0) is 49.7 Å². The molecule has 0 bridgehead atoms. The predicted octanol–water partition coefficient (Wildman–Crippen LogP) is 5.31. The third-order valence-corrected chi connectivity index (χ3v) is 10.3. The predicted molar refractivity (Wildman–Crippen MR) is 130 cm³/mol. The fourth-order valence-electron chi connectivity index (χ4n) is 7.69. The van der Waals surface area contributed by atoms with Gasteiger partial charge in [0.15, 0.2) is 11.5 Å². The zero-order valence-electron chi connectivity index (χ0n) is 22.6. The second kappa shape index (κ2) is 8.35. The lowest BCUT2D eigenvalue weighted by Crippen LogP contribution is -2.69. The van der Waals surface area contributed by atoms with E-state index in [0.717, 1.165) is 0 Å². The van der Waals surface area contributed by atoms with Crippen LogP contribution in [0.15, 0.2) is 23.6 Å². The number of fused-ring (bicyclic) bond motifs is 5. The molecule has 4 rings (SSSR count). The van der Waals surface area contributed by atoms with Crippen LogP contribution >= 0.6 is 0 Å². The number of hydrogen-bond donors (Lipinski definition) is 2. The first kappa shape index (κ1) is 27.7. The fourth-order valence-corrected chi connectivity index (χ4v) is 7.69. The maximum absolute atomic E-state index is 17.3. The molecular formula is C28H38F2O7. The number of halogens is 2. The molecule has 0 heterocycles. The summed E-state index contributed by atoms with van der Waals surface area (Å²) in [7, 11) is 0. The molecule has 2 fully saturated rings. The van der Waals surface area contributed by atoms with E-state index in [9.17, 15) is 24.6 Å². The van der Waals surface area contributed by atoms with Crippen LogP contribution in [-0.4, -0.2) is 51.6 Å². The van der Waals surface area contributed by atoms with Crippen molar-refractivity contribution in [3.8, 4) is 0 Å². The molecule has 9 heteroatoms. The van der Waals surface area contributed by atoms with Gasteiger partial charge in [-0.15, -0.1) is 0 Å². The molecular weight excluding hydrogens is 486 g/mol. The Morgan fingerprint density at radius 1 is 1.22 bits per heavy atom. The molecule has 4 aliphatic carbocycles. The van der Waals surface area contributed by atoms with Crippen molar-refractivity contribution in [2.75, 3.05) is 0 Å². The number of aliphatic hydroxyl groups excluding tert-OH is 1. The summed E-state index contributed by atoms with van der Waals surface area (Å²) in [6.07, 6.45) is -1.66. The number of rotatable bonds is 3. The smallest absolute Gasteiger partial charge is 0.478 e. The van der Waals surface area contributed by atoms with E-state index in [1.807, 2.05) is 20.8 Å². The van der Waals surface area contributed by atoms with Crippen molar-refractivity contribution in [3.63, 3.8) is 0 Å². The maximum atomic E-state index is 17.3. The van der Waals surface area contributed by atoms with Crippen molar-refractivity contribution in [2.45, 2.75) is 97.6 Å². The van der Waals surface area contributed by atoms with Crippen LogP contribution in [0.1, 0.15) is 74.1 Å². The first-order valence-electron chi connectivity index (χ1n) is 13.0. The fraction of sp³-hybridized carbons (Fsp3) is 0.750. The number of carboxylic acid groups (broad SMARTS) is 1. The monoisotopic (exact) mass is 524 g/mol. The number of ketones is 1. The van der Waals surface area contributed by atoms with Crippen molar-refractivity contribution in [1.29, 1.82) is 0 Å². The zero-order valence-corrected chi connectivity index (χ0v) is 22.6. The van der Waals surface area contributed by atoms with Gasteiger partial charge < -0.3 is 19.7 Å². The summed E-state index contributed by atoms with van der Waals surface area (Å²) < 4.78 is 43.9. The normalized spacial score (nSPS) is 44.0. The van der Waals surface area contributed by atoms with Gasteiger partial charge in [0, 0.05) is 35.5 Å². The van der Waals surface area contributed by atoms with Crippen molar-refractivity contribution in [1.82, 2.24) is 0 Å². The minimum Gasteiger partial charge on any atom is -0.478 e. The van der Waals surface area contributed by atoms with Crippen molar-refractivity contribution < 1.29 is 42.9 Å². The van der Waals surface area contributed by atoms with E-state index in [4.69, 9.17) is 9.47 Å². The van der Waals surface area contributed by atoms with E-state index in [1.165, 1.54) is 19.1 Å². The lowest BCUT2D eigenvalue weighted by Gasteiger charge is -2.61. The van der Waals surface area contributed by atoms with Gasteiger partial charge in [0.1, 0.15) is 11.9 Å². The molecule has 0 aromatic carbocycles. The Morgan fingerprint density at radius 3 is 2.41 bits per heavy atom. The van der Waals surface area contributed by atoms with Crippen molar-refractivity contribution >= 4 is 17.9 Å². The number of carboxylic acids is 1. The van der Waals surface area contributed by atoms with Crippen LogP contribution in [0, 0.1) is 34.0 Å². The number of alkyl halides is 1. The highest BCUT2D eigenvalue weighted by Gasteiger charge is 2.78. The van der Waals surface area contributed by atoms with Gasteiger partial charge in [-0.3, -0.25) is 4.79 Å². The van der Waals surface area contributed by atoms with Crippen molar-refractivity contribution in [2.24, 2.45) is 34.0 Å². The highest BCUT2D eigenvalue weighted by atomic mass is 19.1. The minimum absolute atomic E-state index is 0.0351. The second-order valence-electron chi connectivity index (χ2n) is 13.0. The van der Waals surface area contributed by atoms with E-state index in [-0.39, 0.29) is 37.0 Å². The molecule has 2 saturated carbocycles. The molecule has 4 aliphatic rings. The molecule has 0 radical (unpaired) electrons. The van der Waals surface area contributed by atoms with Crippen LogP contribution in [0.3, 0.4) is 0 Å². The summed E-state index contributed by atoms with van der Waals surface area (Å²) >= 11 is 0. The lowest BCUT2D eigenvalue weighted by molar-refractivity contribution is -0.227. The maximum Gasteiger partial charge on any atom is 0.509 e. The van der Waals surface area contributed by atoms with Crippen LogP contribution in [0.5, 0.6) is 0 Å². The molecule has 7 nitrogen and oxygen atoms in total. The summed E-state index contributed by atoms with van der Waals surface area (Å²) in [5, 5.41) is 21.9.